The predicted octanol–water partition coefficient (Wildman–Crippen LogP) is 44.5. The number of benzene rings is 7. The zero-order valence-electron chi connectivity index (χ0n) is 85.2. The van der Waals surface area contributed by atoms with Crippen LogP contribution < -0.4 is 0 Å². The summed E-state index contributed by atoms with van der Waals surface area (Å²) in [4.78, 5) is 0. The van der Waals surface area contributed by atoms with Crippen LogP contribution in [-0.2, 0) is 0 Å². The molecule has 0 aromatic heterocycles. The van der Waals surface area contributed by atoms with Crippen LogP contribution in [0, 0.1) is 190 Å². The highest BCUT2D eigenvalue weighted by atomic mass is 35.5. The first-order valence-corrected chi connectivity index (χ1v) is 56.0. The number of hydrogen-bond acceptors (Lipinski definition) is 0. The Kier molecular flexibility index (Phi) is 42.7. The molecule has 0 aliphatic heterocycles. The van der Waals surface area contributed by atoms with Gasteiger partial charge in [-0.3, -0.25) is 0 Å². The molecule has 136 heavy (non-hydrogen) atoms. The molecule has 0 heterocycles. The minimum Gasteiger partial charge on any atom is -0.205 e. The van der Waals surface area contributed by atoms with E-state index >= 15 is 0 Å². The quantitative estimate of drug-likeness (QED) is 0.113. The lowest BCUT2D eigenvalue weighted by atomic mass is 9.68. The second-order valence-corrected chi connectivity index (χ2v) is 48.0. The highest BCUT2D eigenvalue weighted by Crippen LogP contribution is 2.52. The molecule has 14 heteroatoms. The summed E-state index contributed by atoms with van der Waals surface area (Å²) in [7, 11) is 0. The zero-order chi connectivity index (χ0) is 97.9. The Bertz CT molecular complexity index is 4370. The monoisotopic (exact) mass is 2000 g/mol. The third kappa shape index (κ3) is 29.6. The molecule has 0 saturated heterocycles. The van der Waals surface area contributed by atoms with Crippen molar-refractivity contribution >= 4 is 58.0 Å². The van der Waals surface area contributed by atoms with E-state index in [-0.39, 0.29) is 56.6 Å². The lowest BCUT2D eigenvalue weighted by molar-refractivity contribution is 0.164. The minimum atomic E-state index is -0.652. The lowest BCUT2D eigenvalue weighted by Crippen LogP contribution is -2.25. The molecule has 11 aliphatic rings. The Morgan fingerprint density at radius 1 is 0.154 bits per heavy atom. The molecule has 11 fully saturated rings. The Morgan fingerprint density at radius 2 is 0.287 bits per heavy atom. The highest BCUT2D eigenvalue weighted by Gasteiger charge is 2.39. The Balaban J connectivity index is 0.000000851. The molecule has 0 spiro atoms. The molecule has 0 amide bonds. The average molecular weight is 2000 g/mol. The largest absolute Gasteiger partial charge is 0.205 e. The van der Waals surface area contributed by atoms with E-state index in [4.69, 9.17) is 58.0 Å². The fourth-order valence-corrected chi connectivity index (χ4v) is 27.6. The van der Waals surface area contributed by atoms with Crippen LogP contribution in [0.2, 0.25) is 25.1 Å². The number of rotatable bonds is 11. The number of halogens is 14. The van der Waals surface area contributed by atoms with Crippen molar-refractivity contribution in [2.45, 2.75) is 421 Å². The van der Waals surface area contributed by atoms with E-state index in [0.29, 0.717) is 93.6 Å². The zero-order valence-corrected chi connectivity index (χ0v) is 89.0. The Morgan fingerprint density at radius 3 is 0.478 bits per heavy atom. The van der Waals surface area contributed by atoms with Gasteiger partial charge in [-0.2, -0.15) is 0 Å². The van der Waals surface area contributed by atoms with E-state index in [9.17, 15) is 39.5 Å². The van der Waals surface area contributed by atoms with Gasteiger partial charge < -0.3 is 0 Å². The smallest absolute Gasteiger partial charge is 0.162 e. The molecule has 11 saturated carbocycles. The molecule has 0 nitrogen and oxygen atoms in total. The SMILES string of the molecule is Cc1ccc(C2CCC(C)CC2)c(Cl)c1F.Cc1ccc(C2CCC(C)CC2)c(F)c1Cl.Cc1ccc(C2CCC(C)CC2)c(F)c1Cl.Cc1ccc(C2CCC(C3CCC(C)CC3)CC2)c(Cl)c1F.Cc1ccc(C2CCC(C3CCC(C)CC3)CC2)c(Cl)c1F.Cc1ccc(C2CCC(C3CCC(C)CC3)CC2)c(F)c1F.Cc1ccc(C2CCC(C3CCC(C)CC3)CC2)c(F)c1F.[HH].[HH].[HH].[HH].[HH].[HH].[HH].[HH].[HH].[HH].[HH]. The van der Waals surface area contributed by atoms with Crippen LogP contribution in [-0.4, -0.2) is 0 Å². The molecule has 7 aromatic carbocycles. The summed E-state index contributed by atoms with van der Waals surface area (Å²) >= 11 is 30.5. The molecule has 11 aliphatic carbocycles. The predicted molar refractivity (Wildman–Crippen MR) is 581 cm³/mol. The maximum absolute atomic E-state index is 14.2. The second-order valence-electron chi connectivity index (χ2n) is 46.1. The summed E-state index contributed by atoms with van der Waals surface area (Å²) in [6.45, 7) is 28.6. The standard InChI is InChI=1S/2C20H28ClF.2C20H28F2.3C14H18ClF.11H2/c2*1-13-3-6-15(7-4-13)16-8-10-17(11-9-16)18-12-5-14(2)20(22)19(18)21;2*1-13-3-6-15(7-4-13)16-8-10-17(11-9-16)18-12-5-14(2)19(21)20(18)22;1-9-3-6-11(7-4-9)12-8-5-10(2)14(16)13(12)15;2*1-9-3-6-11(7-4-9)12-8-5-10(2)13(15)14(12)16;;;;;;;;;;;/h4*5,12-13,15-17H,3-4,6-11H2,1-2H3;3*5,8-9,11H,3-4,6-7H2,1-2H3;11*1H. The average Bonchev–Trinajstić information content (AvgIpc) is 0.828. The van der Waals surface area contributed by atoms with Gasteiger partial charge in [0.2, 0.25) is 0 Å². The van der Waals surface area contributed by atoms with Crippen LogP contribution in [0.3, 0.4) is 0 Å². The van der Waals surface area contributed by atoms with Crippen molar-refractivity contribution in [1.29, 1.82) is 0 Å². The molecule has 18 rings (SSSR count). The summed E-state index contributed by atoms with van der Waals surface area (Å²) in [6.07, 6.45) is 55.1. The van der Waals surface area contributed by atoms with Gasteiger partial charge in [0.25, 0.3) is 0 Å². The summed E-state index contributed by atoms with van der Waals surface area (Å²) in [5.74, 6) is 12.1. The molecule has 7 aromatic rings. The number of aryl methyl sites for hydroxylation is 7. The van der Waals surface area contributed by atoms with E-state index in [1.165, 1.54) is 218 Å². The number of hydrogen-bond donors (Lipinski definition) is 0. The molecule has 774 valence electrons. The van der Waals surface area contributed by atoms with Gasteiger partial charge in [-0.25, -0.2) is 39.5 Å². The van der Waals surface area contributed by atoms with E-state index in [0.717, 1.165) is 192 Å². The van der Waals surface area contributed by atoms with Crippen molar-refractivity contribution in [1.82, 2.24) is 0 Å². The van der Waals surface area contributed by atoms with Crippen molar-refractivity contribution in [3.63, 3.8) is 0 Å². The topological polar surface area (TPSA) is 0 Å². The van der Waals surface area contributed by atoms with Gasteiger partial charge in [0, 0.05) is 15.7 Å². The second kappa shape index (κ2) is 52.7. The van der Waals surface area contributed by atoms with Crippen LogP contribution in [0.4, 0.5) is 39.5 Å². The highest BCUT2D eigenvalue weighted by molar-refractivity contribution is 6.33. The Hall–Kier alpha value is -4.64. The third-order valence-corrected chi connectivity index (χ3v) is 38.3. The molecule has 0 radical (unpaired) electrons. The van der Waals surface area contributed by atoms with Crippen LogP contribution in [0.1, 0.15) is 466 Å². The third-order valence-electron chi connectivity index (χ3n) is 36.3. The molecular formula is C122H188Cl5F9. The van der Waals surface area contributed by atoms with Crippen molar-refractivity contribution < 1.29 is 55.2 Å². The van der Waals surface area contributed by atoms with Crippen molar-refractivity contribution in [2.75, 3.05) is 0 Å². The van der Waals surface area contributed by atoms with Gasteiger partial charge in [-0.05, 0) is 449 Å². The van der Waals surface area contributed by atoms with Crippen LogP contribution in [0.15, 0.2) is 84.9 Å². The van der Waals surface area contributed by atoms with Gasteiger partial charge in [0.15, 0.2) is 23.3 Å². The van der Waals surface area contributed by atoms with E-state index in [2.05, 4.69) is 48.5 Å². The van der Waals surface area contributed by atoms with Crippen molar-refractivity contribution in [2.24, 2.45) is 88.8 Å². The molecule has 0 N–H and O–H groups in total. The van der Waals surface area contributed by atoms with E-state index < -0.39 is 23.3 Å². The normalized spacial score (nSPS) is 30.4. The van der Waals surface area contributed by atoms with Crippen LogP contribution in [0.5, 0.6) is 0 Å². The van der Waals surface area contributed by atoms with E-state index in [1.54, 1.807) is 58.9 Å². The maximum Gasteiger partial charge on any atom is 0.162 e. The minimum absolute atomic E-state index is 0. The van der Waals surface area contributed by atoms with Gasteiger partial charge in [0.1, 0.15) is 29.1 Å². The molecule has 0 bridgehead atoms. The first-order chi connectivity index (χ1) is 65.0. The van der Waals surface area contributed by atoms with Gasteiger partial charge >= 0.3 is 0 Å². The molecule has 0 unspecified atom stereocenters. The lowest BCUT2D eigenvalue weighted by Gasteiger charge is -2.37. The van der Waals surface area contributed by atoms with Crippen LogP contribution in [0.25, 0.3) is 0 Å². The molecular weight excluding hydrogens is 1810 g/mol. The summed E-state index contributed by atoms with van der Waals surface area (Å²) in [6, 6.07) is 26.5. The van der Waals surface area contributed by atoms with Crippen molar-refractivity contribution in [3.8, 4) is 0 Å². The Labute approximate surface area is 857 Å². The summed E-state index contributed by atoms with van der Waals surface area (Å²) < 4.78 is 126. The van der Waals surface area contributed by atoms with Crippen LogP contribution >= 0.6 is 58.0 Å². The van der Waals surface area contributed by atoms with Gasteiger partial charge in [-0.1, -0.05) is 281 Å². The first-order valence-electron chi connectivity index (χ1n) is 54.1. The fraction of sp³-hybridized carbons (Fsp3) is 0.656. The van der Waals surface area contributed by atoms with E-state index in [1.807, 2.05) is 74.5 Å². The molecule has 0 atom stereocenters. The summed E-state index contributed by atoms with van der Waals surface area (Å²) in [5, 5.41) is 1.69. The van der Waals surface area contributed by atoms with Crippen molar-refractivity contribution in [3.05, 3.63) is 240 Å². The first kappa shape index (κ1) is 110. The summed E-state index contributed by atoms with van der Waals surface area (Å²) in [5.41, 5.74) is 10.4. The van der Waals surface area contributed by atoms with Gasteiger partial charge in [0.05, 0.1) is 25.1 Å². The van der Waals surface area contributed by atoms with Gasteiger partial charge in [-0.15, -0.1) is 0 Å². The fourth-order valence-electron chi connectivity index (χ4n) is 26.2. The maximum atomic E-state index is 14.2.